The summed E-state index contributed by atoms with van der Waals surface area (Å²) in [6.45, 7) is 4.48. The van der Waals surface area contributed by atoms with E-state index in [4.69, 9.17) is 0 Å². The van der Waals surface area contributed by atoms with Crippen LogP contribution >= 0.6 is 0 Å². The summed E-state index contributed by atoms with van der Waals surface area (Å²) in [4.78, 5) is 0. The van der Waals surface area contributed by atoms with Gasteiger partial charge in [0.15, 0.2) is 0 Å². The van der Waals surface area contributed by atoms with Crippen molar-refractivity contribution in [1.82, 2.24) is 0 Å². The second kappa shape index (κ2) is 5.50. The minimum atomic E-state index is 0.554. The van der Waals surface area contributed by atoms with Gasteiger partial charge in [-0.3, -0.25) is 0 Å². The van der Waals surface area contributed by atoms with E-state index in [9.17, 15) is 0 Å². The van der Waals surface area contributed by atoms with E-state index in [1.807, 2.05) is 0 Å². The fourth-order valence-corrected chi connectivity index (χ4v) is 2.88. The normalized spacial score (nSPS) is 12.5. The van der Waals surface area contributed by atoms with Crippen molar-refractivity contribution in [3.63, 3.8) is 0 Å². The molecule has 3 rings (SSSR count). The van der Waals surface area contributed by atoms with Crippen molar-refractivity contribution in [2.45, 2.75) is 26.2 Å². The summed E-state index contributed by atoms with van der Waals surface area (Å²) in [5.74, 6) is 0.554. The lowest BCUT2D eigenvalue weighted by atomic mass is 9.92. The number of benzene rings is 3. The van der Waals surface area contributed by atoms with Gasteiger partial charge in [0, 0.05) is 0 Å². The molecule has 1 unspecified atom stereocenters. The van der Waals surface area contributed by atoms with Crippen LogP contribution in [0.25, 0.3) is 10.8 Å². The highest BCUT2D eigenvalue weighted by Gasteiger charge is 2.07. The maximum Gasteiger partial charge on any atom is -0.0150 e. The van der Waals surface area contributed by atoms with Crippen molar-refractivity contribution >= 4 is 10.8 Å². The van der Waals surface area contributed by atoms with Crippen molar-refractivity contribution in [2.75, 3.05) is 0 Å². The first-order valence-electron chi connectivity index (χ1n) is 7.27. The number of aryl methyl sites for hydroxylation is 1. The van der Waals surface area contributed by atoms with Crippen molar-refractivity contribution in [3.8, 4) is 0 Å². The van der Waals surface area contributed by atoms with Gasteiger partial charge < -0.3 is 0 Å². The Hall–Kier alpha value is -2.08. The van der Waals surface area contributed by atoms with Gasteiger partial charge in [0.25, 0.3) is 0 Å². The van der Waals surface area contributed by atoms with Crippen LogP contribution in [-0.2, 0) is 6.42 Å². The van der Waals surface area contributed by atoms with Gasteiger partial charge in [-0.25, -0.2) is 0 Å². The van der Waals surface area contributed by atoms with Crippen LogP contribution < -0.4 is 0 Å². The minimum Gasteiger partial charge on any atom is -0.0622 e. The molecular formula is C20H20. The van der Waals surface area contributed by atoms with E-state index in [1.54, 1.807) is 0 Å². The summed E-state index contributed by atoms with van der Waals surface area (Å²) in [5, 5.41) is 2.71. The predicted octanol–water partition coefficient (Wildman–Crippen LogP) is 5.49. The van der Waals surface area contributed by atoms with Crippen molar-refractivity contribution < 1.29 is 0 Å². The molecule has 0 nitrogen and oxygen atoms in total. The van der Waals surface area contributed by atoms with E-state index in [0.29, 0.717) is 5.92 Å². The van der Waals surface area contributed by atoms with Crippen molar-refractivity contribution in [2.24, 2.45) is 0 Å². The molecule has 0 fully saturated rings. The van der Waals surface area contributed by atoms with Gasteiger partial charge in [0.2, 0.25) is 0 Å². The number of hydrogen-bond acceptors (Lipinski definition) is 0. The van der Waals surface area contributed by atoms with Crippen LogP contribution in [0.2, 0.25) is 0 Å². The van der Waals surface area contributed by atoms with Gasteiger partial charge >= 0.3 is 0 Å². The molecule has 0 saturated carbocycles. The van der Waals surface area contributed by atoms with E-state index >= 15 is 0 Å². The molecule has 0 bridgehead atoms. The summed E-state index contributed by atoms with van der Waals surface area (Å²) in [6.07, 6.45) is 1.09. The van der Waals surface area contributed by atoms with Gasteiger partial charge in [-0.05, 0) is 46.7 Å². The van der Waals surface area contributed by atoms with Crippen LogP contribution in [0.15, 0.2) is 66.7 Å². The van der Waals surface area contributed by atoms with Crippen LogP contribution in [0, 0.1) is 6.92 Å². The Labute approximate surface area is 121 Å². The van der Waals surface area contributed by atoms with Crippen molar-refractivity contribution in [3.05, 3.63) is 83.4 Å². The minimum absolute atomic E-state index is 0.554. The first-order valence-corrected chi connectivity index (χ1v) is 7.27. The van der Waals surface area contributed by atoms with E-state index in [2.05, 4.69) is 80.6 Å². The average Bonchev–Trinajstić information content (AvgIpc) is 2.48. The molecule has 20 heavy (non-hydrogen) atoms. The zero-order chi connectivity index (χ0) is 13.9. The molecule has 0 N–H and O–H groups in total. The van der Waals surface area contributed by atoms with Crippen molar-refractivity contribution in [1.29, 1.82) is 0 Å². The van der Waals surface area contributed by atoms with Crippen LogP contribution in [0.4, 0.5) is 0 Å². The standard InChI is InChI=1S/C20H20/c1-15-7-6-10-19-14-17(11-12-20(15)19)13-16(2)18-8-4-3-5-9-18/h3-12,14,16H,13H2,1-2H3. The van der Waals surface area contributed by atoms with E-state index in [1.165, 1.54) is 27.5 Å². The Bertz CT molecular complexity index is 710. The Kier molecular flexibility index (Phi) is 3.56. The third kappa shape index (κ3) is 2.60. The Balaban J connectivity index is 1.88. The molecule has 3 aromatic rings. The van der Waals surface area contributed by atoms with Crippen LogP contribution in [0.5, 0.6) is 0 Å². The van der Waals surface area contributed by atoms with E-state index in [0.717, 1.165) is 6.42 Å². The number of hydrogen-bond donors (Lipinski definition) is 0. The molecule has 0 aliphatic carbocycles. The second-order valence-corrected chi connectivity index (χ2v) is 5.65. The van der Waals surface area contributed by atoms with Gasteiger partial charge in [0.1, 0.15) is 0 Å². The lowest BCUT2D eigenvalue weighted by Gasteiger charge is -2.13. The molecule has 100 valence electrons. The number of rotatable bonds is 3. The molecule has 0 radical (unpaired) electrons. The van der Waals surface area contributed by atoms with Crippen LogP contribution in [-0.4, -0.2) is 0 Å². The second-order valence-electron chi connectivity index (χ2n) is 5.65. The molecule has 0 aliphatic heterocycles. The lowest BCUT2D eigenvalue weighted by molar-refractivity contribution is 0.760. The summed E-state index contributed by atoms with van der Waals surface area (Å²) in [5.41, 5.74) is 4.18. The fourth-order valence-electron chi connectivity index (χ4n) is 2.88. The van der Waals surface area contributed by atoms with Gasteiger partial charge in [-0.2, -0.15) is 0 Å². The summed E-state index contributed by atoms with van der Waals surface area (Å²) < 4.78 is 0. The topological polar surface area (TPSA) is 0 Å². The lowest BCUT2D eigenvalue weighted by Crippen LogP contribution is -1.98. The summed E-state index contributed by atoms with van der Waals surface area (Å²) in [7, 11) is 0. The molecule has 0 aliphatic rings. The smallest absolute Gasteiger partial charge is 0.0150 e. The van der Waals surface area contributed by atoms with Gasteiger partial charge in [-0.15, -0.1) is 0 Å². The zero-order valence-electron chi connectivity index (χ0n) is 12.1. The summed E-state index contributed by atoms with van der Waals surface area (Å²) >= 11 is 0. The van der Waals surface area contributed by atoms with Crippen LogP contribution in [0.3, 0.4) is 0 Å². The molecule has 3 aromatic carbocycles. The quantitative estimate of drug-likeness (QED) is 0.583. The highest BCUT2D eigenvalue weighted by molar-refractivity contribution is 5.86. The molecular weight excluding hydrogens is 240 g/mol. The highest BCUT2D eigenvalue weighted by atomic mass is 14.1. The molecule has 0 heterocycles. The molecule has 0 spiro atoms. The highest BCUT2D eigenvalue weighted by Crippen LogP contribution is 2.24. The predicted molar refractivity (Wildman–Crippen MR) is 87.2 cm³/mol. The summed E-state index contributed by atoms with van der Waals surface area (Å²) in [6, 6.07) is 24.1. The first kappa shape index (κ1) is 12.9. The van der Waals surface area contributed by atoms with Gasteiger partial charge in [-0.1, -0.05) is 73.7 Å². The Morgan fingerprint density at radius 3 is 2.45 bits per heavy atom. The zero-order valence-corrected chi connectivity index (χ0v) is 12.1. The molecule has 1 atom stereocenters. The average molecular weight is 260 g/mol. The SMILES string of the molecule is Cc1cccc2cc(CC(C)c3ccccc3)ccc12. The first-order chi connectivity index (χ1) is 9.74. The third-order valence-electron chi connectivity index (χ3n) is 4.07. The van der Waals surface area contributed by atoms with Crippen LogP contribution in [0.1, 0.15) is 29.5 Å². The largest absolute Gasteiger partial charge is 0.0622 e. The van der Waals surface area contributed by atoms with E-state index < -0.39 is 0 Å². The monoisotopic (exact) mass is 260 g/mol. The Morgan fingerprint density at radius 2 is 1.65 bits per heavy atom. The fraction of sp³-hybridized carbons (Fsp3) is 0.200. The Morgan fingerprint density at radius 1 is 0.850 bits per heavy atom. The van der Waals surface area contributed by atoms with Gasteiger partial charge in [0.05, 0.1) is 0 Å². The third-order valence-corrected chi connectivity index (χ3v) is 4.07. The molecule has 0 aromatic heterocycles. The molecule has 0 saturated heterocycles. The number of fused-ring (bicyclic) bond motifs is 1. The maximum absolute atomic E-state index is 2.34. The molecule has 0 heteroatoms. The van der Waals surface area contributed by atoms with E-state index in [-0.39, 0.29) is 0 Å². The molecule has 0 amide bonds. The maximum atomic E-state index is 2.34.